The van der Waals surface area contributed by atoms with Crippen molar-refractivity contribution in [1.29, 1.82) is 0 Å². The number of amides is 2. The second-order valence-corrected chi connectivity index (χ2v) is 8.61. The zero-order valence-electron chi connectivity index (χ0n) is 13.4. The van der Waals surface area contributed by atoms with Crippen molar-refractivity contribution in [1.82, 2.24) is 9.62 Å². The molecule has 2 amide bonds. The summed E-state index contributed by atoms with van der Waals surface area (Å²) in [5, 5.41) is -0.479. The largest absolute Gasteiger partial charge is 0.330 e. The van der Waals surface area contributed by atoms with E-state index in [9.17, 15) is 18.0 Å². The number of hydrogen-bond acceptors (Lipinski definition) is 4. The van der Waals surface area contributed by atoms with Crippen LogP contribution in [0.2, 0.25) is 0 Å². The van der Waals surface area contributed by atoms with Crippen LogP contribution in [-0.4, -0.2) is 43.0 Å². The molecular weight excluding hydrogens is 304 g/mol. The smallest absolute Gasteiger partial charge is 0.256 e. The Morgan fingerprint density at radius 2 is 1.82 bits per heavy atom. The van der Waals surface area contributed by atoms with E-state index in [2.05, 4.69) is 4.72 Å². The van der Waals surface area contributed by atoms with Gasteiger partial charge in [0.1, 0.15) is 6.04 Å². The van der Waals surface area contributed by atoms with E-state index in [1.807, 2.05) is 13.8 Å². The quantitative estimate of drug-likeness (QED) is 0.826. The third kappa shape index (κ3) is 3.80. The van der Waals surface area contributed by atoms with E-state index in [-0.39, 0.29) is 11.8 Å². The van der Waals surface area contributed by atoms with Crippen LogP contribution in [0.25, 0.3) is 0 Å². The molecule has 0 aromatic carbocycles. The fraction of sp³-hybridized carbons (Fsp3) is 0.867. The maximum atomic E-state index is 12.5. The van der Waals surface area contributed by atoms with Gasteiger partial charge in [0.15, 0.2) is 0 Å². The molecule has 0 aromatic heterocycles. The summed E-state index contributed by atoms with van der Waals surface area (Å²) in [7, 11) is -3.65. The van der Waals surface area contributed by atoms with Gasteiger partial charge in [-0.1, -0.05) is 33.1 Å². The first-order valence-corrected chi connectivity index (χ1v) is 9.72. The van der Waals surface area contributed by atoms with E-state index in [1.165, 1.54) is 4.90 Å². The molecule has 2 rings (SSSR count). The Morgan fingerprint density at radius 1 is 1.18 bits per heavy atom. The number of carbonyl (C=O) groups is 2. The highest BCUT2D eigenvalue weighted by molar-refractivity contribution is 7.90. The van der Waals surface area contributed by atoms with Crippen molar-refractivity contribution in [2.45, 2.75) is 70.1 Å². The molecule has 1 atom stereocenters. The summed E-state index contributed by atoms with van der Waals surface area (Å²) < 4.78 is 27.0. The SMILES string of the molecule is CC(C)C(C(=O)NS(=O)(=O)C1CCCCC1)N1CCCC1=O. The van der Waals surface area contributed by atoms with E-state index >= 15 is 0 Å². The van der Waals surface area contributed by atoms with Gasteiger partial charge in [-0.2, -0.15) is 0 Å². The Labute approximate surface area is 132 Å². The van der Waals surface area contributed by atoms with Crippen LogP contribution in [0.4, 0.5) is 0 Å². The maximum absolute atomic E-state index is 12.5. The van der Waals surface area contributed by atoms with Gasteiger partial charge in [0.25, 0.3) is 5.91 Å². The molecule has 1 unspecified atom stereocenters. The summed E-state index contributed by atoms with van der Waals surface area (Å²) in [4.78, 5) is 25.9. The number of nitrogens with one attached hydrogen (secondary N) is 1. The van der Waals surface area contributed by atoms with E-state index in [0.717, 1.165) is 25.7 Å². The molecule has 1 aliphatic heterocycles. The molecule has 0 radical (unpaired) electrons. The van der Waals surface area contributed by atoms with Crippen LogP contribution in [0.15, 0.2) is 0 Å². The molecule has 1 saturated heterocycles. The third-order valence-electron chi connectivity index (χ3n) is 4.58. The molecule has 0 aromatic rings. The zero-order chi connectivity index (χ0) is 16.3. The van der Waals surface area contributed by atoms with Gasteiger partial charge < -0.3 is 4.90 Å². The van der Waals surface area contributed by atoms with Crippen LogP contribution >= 0.6 is 0 Å². The van der Waals surface area contributed by atoms with E-state index in [4.69, 9.17) is 0 Å². The van der Waals surface area contributed by atoms with Crippen molar-refractivity contribution < 1.29 is 18.0 Å². The van der Waals surface area contributed by atoms with Crippen molar-refractivity contribution >= 4 is 21.8 Å². The lowest BCUT2D eigenvalue weighted by molar-refractivity contribution is -0.138. The van der Waals surface area contributed by atoms with E-state index < -0.39 is 27.2 Å². The van der Waals surface area contributed by atoms with Crippen molar-refractivity contribution in [2.24, 2.45) is 5.92 Å². The summed E-state index contributed by atoms with van der Waals surface area (Å²) in [6.07, 6.45) is 5.21. The molecule has 7 heteroatoms. The predicted molar refractivity (Wildman–Crippen MR) is 83.5 cm³/mol. The fourth-order valence-corrected chi connectivity index (χ4v) is 4.95. The molecule has 1 N–H and O–H groups in total. The summed E-state index contributed by atoms with van der Waals surface area (Å²) in [5.41, 5.74) is 0. The lowest BCUT2D eigenvalue weighted by Gasteiger charge is -2.30. The Morgan fingerprint density at radius 3 is 2.32 bits per heavy atom. The van der Waals surface area contributed by atoms with Crippen LogP contribution in [0, 0.1) is 5.92 Å². The molecule has 22 heavy (non-hydrogen) atoms. The Kier molecular flexibility index (Phi) is 5.47. The Bertz CT molecular complexity index is 524. The highest BCUT2D eigenvalue weighted by Crippen LogP contribution is 2.24. The molecule has 126 valence electrons. The molecule has 1 saturated carbocycles. The number of rotatable bonds is 5. The molecule has 1 heterocycles. The molecular formula is C15H26N2O4S. The number of sulfonamides is 1. The fourth-order valence-electron chi connectivity index (χ4n) is 3.43. The maximum Gasteiger partial charge on any atom is 0.256 e. The average molecular weight is 330 g/mol. The second kappa shape index (κ2) is 6.98. The zero-order valence-corrected chi connectivity index (χ0v) is 14.2. The van der Waals surface area contributed by atoms with Crippen molar-refractivity contribution in [2.75, 3.05) is 6.54 Å². The standard InChI is InChI=1S/C15H26N2O4S/c1-11(2)14(17-10-6-9-13(17)18)15(19)16-22(20,21)12-7-4-3-5-8-12/h11-12,14H,3-10H2,1-2H3,(H,16,19). The average Bonchev–Trinajstić information content (AvgIpc) is 2.85. The predicted octanol–water partition coefficient (Wildman–Crippen LogP) is 1.41. The van der Waals surface area contributed by atoms with Crippen LogP contribution in [0.5, 0.6) is 0 Å². The number of hydrogen-bond donors (Lipinski definition) is 1. The van der Waals surface area contributed by atoms with Crippen molar-refractivity contribution in [3.8, 4) is 0 Å². The van der Waals surface area contributed by atoms with Gasteiger partial charge in [-0.15, -0.1) is 0 Å². The lowest BCUT2D eigenvalue weighted by atomic mass is 10.0. The molecule has 0 bridgehead atoms. The summed E-state index contributed by atoms with van der Waals surface area (Å²) in [6.45, 7) is 4.20. The summed E-state index contributed by atoms with van der Waals surface area (Å²) >= 11 is 0. The van der Waals surface area contributed by atoms with Gasteiger partial charge in [0.2, 0.25) is 15.9 Å². The van der Waals surface area contributed by atoms with Gasteiger partial charge in [-0.25, -0.2) is 8.42 Å². The minimum atomic E-state index is -3.65. The van der Waals surface area contributed by atoms with E-state index in [1.54, 1.807) is 0 Å². The molecule has 1 aliphatic carbocycles. The van der Waals surface area contributed by atoms with Crippen molar-refractivity contribution in [3.05, 3.63) is 0 Å². The number of likely N-dealkylation sites (tertiary alicyclic amines) is 1. The van der Waals surface area contributed by atoms with Gasteiger partial charge in [-0.05, 0) is 25.2 Å². The lowest BCUT2D eigenvalue weighted by Crippen LogP contribution is -2.53. The van der Waals surface area contributed by atoms with Crippen molar-refractivity contribution in [3.63, 3.8) is 0 Å². The Balaban J connectivity index is 2.09. The number of nitrogens with zero attached hydrogens (tertiary/aromatic N) is 1. The third-order valence-corrected chi connectivity index (χ3v) is 6.41. The molecule has 6 nitrogen and oxygen atoms in total. The molecule has 2 aliphatic rings. The topological polar surface area (TPSA) is 83.6 Å². The van der Waals surface area contributed by atoms with Crippen LogP contribution in [0.1, 0.15) is 58.8 Å². The normalized spacial score (nSPS) is 22.1. The van der Waals surface area contributed by atoms with Crippen LogP contribution < -0.4 is 4.72 Å². The highest BCUT2D eigenvalue weighted by atomic mass is 32.2. The molecule has 2 fully saturated rings. The Hall–Kier alpha value is -1.11. The van der Waals surface area contributed by atoms with Crippen LogP contribution in [-0.2, 0) is 19.6 Å². The first-order chi connectivity index (χ1) is 10.3. The first kappa shape index (κ1) is 17.2. The van der Waals surface area contributed by atoms with Gasteiger partial charge >= 0.3 is 0 Å². The second-order valence-electron chi connectivity index (χ2n) is 6.65. The summed E-state index contributed by atoms with van der Waals surface area (Å²) in [5.74, 6) is -0.747. The first-order valence-electron chi connectivity index (χ1n) is 8.18. The summed E-state index contributed by atoms with van der Waals surface area (Å²) in [6, 6.07) is -0.701. The monoisotopic (exact) mass is 330 g/mol. The highest BCUT2D eigenvalue weighted by Gasteiger charge is 2.38. The molecule has 0 spiro atoms. The van der Waals surface area contributed by atoms with Gasteiger partial charge in [0, 0.05) is 13.0 Å². The van der Waals surface area contributed by atoms with Crippen LogP contribution in [0.3, 0.4) is 0 Å². The van der Waals surface area contributed by atoms with Gasteiger partial charge in [0.05, 0.1) is 5.25 Å². The van der Waals surface area contributed by atoms with Gasteiger partial charge in [-0.3, -0.25) is 14.3 Å². The van der Waals surface area contributed by atoms with E-state index in [0.29, 0.717) is 25.8 Å². The minimum Gasteiger partial charge on any atom is -0.330 e. The number of carbonyl (C=O) groups excluding carboxylic acids is 2. The minimum absolute atomic E-state index is 0.0658.